The van der Waals surface area contributed by atoms with Crippen molar-refractivity contribution in [2.45, 2.75) is 5.92 Å². The van der Waals surface area contributed by atoms with Gasteiger partial charge in [-0.05, 0) is 18.2 Å². The zero-order valence-corrected chi connectivity index (χ0v) is 9.84. The summed E-state index contributed by atoms with van der Waals surface area (Å²) in [6.07, 6.45) is 0. The number of nitrogens with two attached hydrogens (primary N) is 1. The maximum absolute atomic E-state index is 12.8. The van der Waals surface area contributed by atoms with Gasteiger partial charge in [0.15, 0.2) is 0 Å². The van der Waals surface area contributed by atoms with E-state index in [0.29, 0.717) is 5.56 Å². The molecule has 0 atom stereocenters. The molecule has 5 nitrogen and oxygen atoms in total. The lowest BCUT2D eigenvalue weighted by molar-refractivity contribution is -0.0372. The first-order valence-electron chi connectivity index (χ1n) is 5.24. The number of amides is 1. The van der Waals surface area contributed by atoms with Crippen LogP contribution in [-0.4, -0.2) is 37.1 Å². The van der Waals surface area contributed by atoms with Crippen molar-refractivity contribution >= 4 is 17.3 Å². The fraction of sp³-hybridized carbons (Fsp3) is 0.364. The van der Waals surface area contributed by atoms with Crippen molar-refractivity contribution in [2.75, 3.05) is 31.2 Å². The predicted octanol–water partition coefficient (Wildman–Crippen LogP) is 0.668. The molecule has 7 heteroatoms. The van der Waals surface area contributed by atoms with Crippen LogP contribution in [0.5, 0.6) is 0 Å². The van der Waals surface area contributed by atoms with E-state index in [9.17, 15) is 13.6 Å². The molecule has 0 saturated heterocycles. The lowest BCUT2D eigenvalue weighted by Gasteiger charge is -2.16. The minimum absolute atomic E-state index is 0.185. The number of benzene rings is 1. The van der Waals surface area contributed by atoms with E-state index in [2.05, 4.69) is 10.6 Å². The Morgan fingerprint density at radius 3 is 2.67 bits per heavy atom. The molecule has 0 unspecified atom stereocenters. The van der Waals surface area contributed by atoms with Crippen LogP contribution < -0.4 is 16.4 Å². The van der Waals surface area contributed by atoms with Gasteiger partial charge in [0.25, 0.3) is 11.8 Å². The van der Waals surface area contributed by atoms with E-state index in [-0.39, 0.29) is 17.3 Å². The van der Waals surface area contributed by atoms with Gasteiger partial charge in [-0.1, -0.05) is 0 Å². The molecule has 1 amide bonds. The Morgan fingerprint density at radius 1 is 1.50 bits per heavy atom. The van der Waals surface area contributed by atoms with E-state index in [1.54, 1.807) is 0 Å². The van der Waals surface area contributed by atoms with E-state index >= 15 is 0 Å². The van der Waals surface area contributed by atoms with Gasteiger partial charge in [-0.3, -0.25) is 4.79 Å². The average Bonchev–Trinajstić information content (AvgIpc) is 2.36. The molecule has 0 saturated carbocycles. The Morgan fingerprint density at radius 2 is 2.17 bits per heavy atom. The molecule has 0 heterocycles. The molecule has 0 aliphatic heterocycles. The molecule has 0 fully saturated rings. The van der Waals surface area contributed by atoms with Crippen LogP contribution in [0, 0.1) is 0 Å². The summed E-state index contributed by atoms with van der Waals surface area (Å²) in [4.78, 5) is 11.3. The van der Waals surface area contributed by atoms with Crippen molar-refractivity contribution in [3.8, 4) is 0 Å². The van der Waals surface area contributed by atoms with E-state index in [1.807, 2.05) is 0 Å². The minimum atomic E-state index is -3.22. The monoisotopic (exact) mass is 259 g/mol. The molecule has 0 aliphatic carbocycles. The Balaban J connectivity index is 2.77. The van der Waals surface area contributed by atoms with E-state index in [0.717, 1.165) is 0 Å². The standard InChI is InChI=1S/C11H15F2N3O2/c1-15-10(18)7-2-3-9(8(14)4-7)16-5-11(12,13)6-17/h2-4,16-17H,5-6,14H2,1H3,(H,15,18). The number of aliphatic hydroxyl groups is 1. The van der Waals surface area contributed by atoms with Gasteiger partial charge < -0.3 is 21.5 Å². The topological polar surface area (TPSA) is 87.4 Å². The van der Waals surface area contributed by atoms with Crippen molar-refractivity contribution in [3.63, 3.8) is 0 Å². The third-order valence-electron chi connectivity index (χ3n) is 2.31. The molecule has 0 aliphatic rings. The number of hydrogen-bond acceptors (Lipinski definition) is 4. The summed E-state index contributed by atoms with van der Waals surface area (Å²) in [6.45, 7) is -1.97. The zero-order chi connectivity index (χ0) is 13.8. The van der Waals surface area contributed by atoms with Crippen LogP contribution in [0.25, 0.3) is 0 Å². The third-order valence-corrected chi connectivity index (χ3v) is 2.31. The van der Waals surface area contributed by atoms with E-state index < -0.39 is 19.1 Å². The van der Waals surface area contributed by atoms with E-state index in [4.69, 9.17) is 10.8 Å². The van der Waals surface area contributed by atoms with Crippen LogP contribution in [0.15, 0.2) is 18.2 Å². The van der Waals surface area contributed by atoms with Crippen molar-refractivity contribution in [1.82, 2.24) is 5.32 Å². The largest absolute Gasteiger partial charge is 0.397 e. The fourth-order valence-corrected chi connectivity index (χ4v) is 1.29. The normalized spacial score (nSPS) is 11.1. The zero-order valence-electron chi connectivity index (χ0n) is 9.84. The second-order valence-corrected chi connectivity index (χ2v) is 3.75. The highest BCUT2D eigenvalue weighted by Gasteiger charge is 2.27. The molecular weight excluding hydrogens is 244 g/mol. The van der Waals surface area contributed by atoms with Crippen LogP contribution in [-0.2, 0) is 0 Å². The number of carbonyl (C=O) groups excluding carboxylic acids is 1. The van der Waals surface area contributed by atoms with Crippen LogP contribution in [0.4, 0.5) is 20.2 Å². The Kier molecular flexibility index (Phi) is 4.43. The van der Waals surface area contributed by atoms with Gasteiger partial charge in [0.1, 0.15) is 6.61 Å². The molecule has 1 aromatic rings. The molecule has 1 aromatic carbocycles. The van der Waals surface area contributed by atoms with Crippen LogP contribution in [0.2, 0.25) is 0 Å². The van der Waals surface area contributed by atoms with Crippen LogP contribution in [0.1, 0.15) is 10.4 Å². The highest BCUT2D eigenvalue weighted by atomic mass is 19.3. The van der Waals surface area contributed by atoms with Crippen LogP contribution >= 0.6 is 0 Å². The number of aliphatic hydroxyl groups excluding tert-OH is 1. The first kappa shape index (κ1) is 14.2. The Labute approximate surface area is 103 Å². The highest BCUT2D eigenvalue weighted by Crippen LogP contribution is 2.22. The molecular formula is C11H15F2N3O2. The SMILES string of the molecule is CNC(=O)c1ccc(NCC(F)(F)CO)c(N)c1. The molecule has 0 radical (unpaired) electrons. The number of nitrogen functional groups attached to an aromatic ring is 1. The van der Waals surface area contributed by atoms with Crippen molar-refractivity contribution in [1.29, 1.82) is 0 Å². The number of carbonyl (C=O) groups is 1. The van der Waals surface area contributed by atoms with Gasteiger partial charge in [-0.2, -0.15) is 0 Å². The van der Waals surface area contributed by atoms with Gasteiger partial charge in [-0.25, -0.2) is 8.78 Å². The second-order valence-electron chi connectivity index (χ2n) is 3.75. The maximum atomic E-state index is 12.8. The summed E-state index contributed by atoms with van der Waals surface area (Å²) in [5, 5.41) is 13.3. The van der Waals surface area contributed by atoms with Crippen molar-refractivity contribution < 1.29 is 18.7 Å². The third kappa shape index (κ3) is 3.56. The van der Waals surface area contributed by atoms with E-state index in [1.165, 1.54) is 25.2 Å². The number of alkyl halides is 2. The minimum Gasteiger partial charge on any atom is -0.397 e. The van der Waals surface area contributed by atoms with Gasteiger partial charge >= 0.3 is 0 Å². The lowest BCUT2D eigenvalue weighted by atomic mass is 10.1. The van der Waals surface area contributed by atoms with Gasteiger partial charge in [-0.15, -0.1) is 0 Å². The molecule has 5 N–H and O–H groups in total. The summed E-state index contributed by atoms with van der Waals surface area (Å²) < 4.78 is 25.6. The summed E-state index contributed by atoms with van der Waals surface area (Å²) in [7, 11) is 1.48. The number of nitrogens with one attached hydrogen (secondary N) is 2. The number of hydrogen-bond donors (Lipinski definition) is 4. The average molecular weight is 259 g/mol. The maximum Gasteiger partial charge on any atom is 0.287 e. The molecule has 100 valence electrons. The molecule has 0 aromatic heterocycles. The van der Waals surface area contributed by atoms with Crippen LogP contribution in [0.3, 0.4) is 0 Å². The van der Waals surface area contributed by atoms with Gasteiger partial charge in [0.05, 0.1) is 17.9 Å². The highest BCUT2D eigenvalue weighted by molar-refractivity contribution is 5.95. The second kappa shape index (κ2) is 5.63. The van der Waals surface area contributed by atoms with Crippen molar-refractivity contribution in [2.24, 2.45) is 0 Å². The summed E-state index contributed by atoms with van der Waals surface area (Å²) in [5.74, 6) is -3.53. The molecule has 0 spiro atoms. The van der Waals surface area contributed by atoms with Crippen molar-refractivity contribution in [3.05, 3.63) is 23.8 Å². The number of halogens is 2. The molecule has 1 rings (SSSR count). The summed E-state index contributed by atoms with van der Waals surface area (Å²) >= 11 is 0. The quantitative estimate of drug-likeness (QED) is 0.585. The number of rotatable bonds is 5. The predicted molar refractivity (Wildman–Crippen MR) is 64.8 cm³/mol. The fourth-order valence-electron chi connectivity index (χ4n) is 1.29. The summed E-state index contributed by atoms with van der Waals surface area (Å²) in [5.41, 5.74) is 6.45. The lowest BCUT2D eigenvalue weighted by Crippen LogP contribution is -2.31. The number of anilines is 2. The van der Waals surface area contributed by atoms with Gasteiger partial charge in [0, 0.05) is 12.6 Å². The Bertz CT molecular complexity index is 438. The first-order valence-corrected chi connectivity index (χ1v) is 5.24. The summed E-state index contributed by atoms with van der Waals surface area (Å²) in [6, 6.07) is 4.29. The molecule has 0 bridgehead atoms. The Hall–Kier alpha value is -1.89. The smallest absolute Gasteiger partial charge is 0.287 e. The first-order chi connectivity index (χ1) is 8.39. The van der Waals surface area contributed by atoms with Gasteiger partial charge in [0.2, 0.25) is 0 Å². The molecule has 18 heavy (non-hydrogen) atoms.